The molecule has 0 aliphatic rings. The SMILES string of the molecule is Cc1ccc(Cl)cc1-c1cc(-c2cc(N)ncn2)cn1C(=O)OC(C)(C)C. The van der Waals surface area contributed by atoms with E-state index in [1.165, 1.54) is 10.9 Å². The molecule has 1 aromatic carbocycles. The van der Waals surface area contributed by atoms with Crippen LogP contribution in [0, 0.1) is 6.92 Å². The molecule has 140 valence electrons. The highest BCUT2D eigenvalue weighted by molar-refractivity contribution is 6.30. The van der Waals surface area contributed by atoms with Crippen LogP contribution in [0.2, 0.25) is 5.02 Å². The first-order valence-corrected chi connectivity index (χ1v) is 8.82. The van der Waals surface area contributed by atoms with E-state index in [0.717, 1.165) is 16.7 Å². The van der Waals surface area contributed by atoms with Crippen molar-refractivity contribution in [1.82, 2.24) is 14.5 Å². The molecule has 6 nitrogen and oxygen atoms in total. The van der Waals surface area contributed by atoms with E-state index in [1.807, 2.05) is 52.0 Å². The summed E-state index contributed by atoms with van der Waals surface area (Å²) >= 11 is 6.19. The van der Waals surface area contributed by atoms with E-state index in [2.05, 4.69) is 9.97 Å². The molecule has 2 N–H and O–H groups in total. The average Bonchev–Trinajstić information content (AvgIpc) is 3.01. The zero-order chi connectivity index (χ0) is 19.8. The van der Waals surface area contributed by atoms with E-state index >= 15 is 0 Å². The second-order valence-corrected chi connectivity index (χ2v) is 7.69. The fraction of sp³-hybridized carbons (Fsp3) is 0.250. The number of nitrogens with zero attached hydrogens (tertiary/aromatic N) is 3. The summed E-state index contributed by atoms with van der Waals surface area (Å²) in [5.41, 5.74) is 8.97. The number of ether oxygens (including phenoxy) is 1. The van der Waals surface area contributed by atoms with Gasteiger partial charge in [0, 0.05) is 28.4 Å². The first-order valence-electron chi connectivity index (χ1n) is 8.44. The number of benzene rings is 1. The summed E-state index contributed by atoms with van der Waals surface area (Å²) in [6.45, 7) is 7.43. The molecule has 0 aliphatic heterocycles. The molecule has 3 aromatic rings. The number of hydrogen-bond acceptors (Lipinski definition) is 5. The Labute approximate surface area is 163 Å². The quantitative estimate of drug-likeness (QED) is 0.676. The molecule has 0 saturated carbocycles. The Morgan fingerprint density at radius 1 is 1.19 bits per heavy atom. The molecule has 3 rings (SSSR count). The van der Waals surface area contributed by atoms with Crippen LogP contribution >= 0.6 is 11.6 Å². The second kappa shape index (κ2) is 7.04. The Kier molecular flexibility index (Phi) is 4.93. The molecule has 2 aromatic heterocycles. The number of nitrogens with two attached hydrogens (primary N) is 1. The van der Waals surface area contributed by atoms with Crippen LogP contribution in [0.25, 0.3) is 22.5 Å². The van der Waals surface area contributed by atoms with Crippen molar-refractivity contribution in [3.63, 3.8) is 0 Å². The summed E-state index contributed by atoms with van der Waals surface area (Å²) in [6, 6.07) is 9.07. The van der Waals surface area contributed by atoms with E-state index in [-0.39, 0.29) is 0 Å². The maximum Gasteiger partial charge on any atom is 0.419 e. The van der Waals surface area contributed by atoms with Crippen molar-refractivity contribution in [2.45, 2.75) is 33.3 Å². The average molecular weight is 385 g/mol. The fourth-order valence-electron chi connectivity index (χ4n) is 2.67. The first-order chi connectivity index (χ1) is 12.6. The Morgan fingerprint density at radius 2 is 1.93 bits per heavy atom. The van der Waals surface area contributed by atoms with Crippen molar-refractivity contribution in [2.75, 3.05) is 5.73 Å². The molecule has 0 amide bonds. The van der Waals surface area contributed by atoms with Crippen molar-refractivity contribution in [1.29, 1.82) is 0 Å². The number of carbonyl (C=O) groups excluding carboxylic acids is 1. The molecule has 2 heterocycles. The van der Waals surface area contributed by atoms with Crippen LogP contribution in [-0.4, -0.2) is 26.2 Å². The fourth-order valence-corrected chi connectivity index (χ4v) is 2.84. The van der Waals surface area contributed by atoms with Gasteiger partial charge < -0.3 is 10.5 Å². The van der Waals surface area contributed by atoms with Crippen LogP contribution < -0.4 is 5.73 Å². The second-order valence-electron chi connectivity index (χ2n) is 7.25. The molecule has 0 unspecified atom stereocenters. The lowest BCUT2D eigenvalue weighted by atomic mass is 10.1. The third kappa shape index (κ3) is 4.28. The van der Waals surface area contributed by atoms with Gasteiger partial charge in [-0.3, -0.25) is 4.57 Å². The van der Waals surface area contributed by atoms with Gasteiger partial charge in [0.05, 0.1) is 11.4 Å². The molecule has 0 radical (unpaired) electrons. The highest BCUT2D eigenvalue weighted by atomic mass is 35.5. The number of halogens is 1. The molecule has 0 atom stereocenters. The minimum Gasteiger partial charge on any atom is -0.443 e. The molecule has 0 saturated heterocycles. The molecule has 0 fully saturated rings. The van der Waals surface area contributed by atoms with Gasteiger partial charge in [-0.15, -0.1) is 0 Å². The lowest BCUT2D eigenvalue weighted by Crippen LogP contribution is -2.27. The lowest BCUT2D eigenvalue weighted by molar-refractivity contribution is 0.0540. The Hall–Kier alpha value is -2.86. The van der Waals surface area contributed by atoms with Gasteiger partial charge in [0.1, 0.15) is 17.7 Å². The number of nitrogen functional groups attached to an aromatic ring is 1. The summed E-state index contributed by atoms with van der Waals surface area (Å²) in [4.78, 5) is 21.0. The van der Waals surface area contributed by atoms with Gasteiger partial charge in [0.2, 0.25) is 0 Å². The van der Waals surface area contributed by atoms with E-state index in [0.29, 0.717) is 22.2 Å². The first kappa shape index (κ1) is 18.9. The van der Waals surface area contributed by atoms with Gasteiger partial charge >= 0.3 is 6.09 Å². The standard InChI is InChI=1S/C20H21ClN4O2/c1-12-5-6-14(21)8-15(12)17-7-13(16-9-18(22)24-11-23-16)10-25(17)19(26)27-20(2,3)4/h5-11H,1-4H3,(H2,22,23,24). The van der Waals surface area contributed by atoms with Gasteiger partial charge in [-0.1, -0.05) is 17.7 Å². The molecule has 0 bridgehead atoms. The topological polar surface area (TPSA) is 83.0 Å². The predicted molar refractivity (Wildman–Crippen MR) is 107 cm³/mol. The van der Waals surface area contributed by atoms with Crippen molar-refractivity contribution >= 4 is 23.5 Å². The zero-order valence-corrected chi connectivity index (χ0v) is 16.4. The summed E-state index contributed by atoms with van der Waals surface area (Å²) in [7, 11) is 0. The third-order valence-corrected chi connectivity index (χ3v) is 4.10. The van der Waals surface area contributed by atoms with Crippen molar-refractivity contribution in [3.05, 3.63) is 53.4 Å². The Bertz CT molecular complexity index is 1010. The number of anilines is 1. The van der Waals surface area contributed by atoms with E-state index in [4.69, 9.17) is 22.1 Å². The summed E-state index contributed by atoms with van der Waals surface area (Å²) in [5.74, 6) is 0.352. The van der Waals surface area contributed by atoms with Gasteiger partial charge in [-0.2, -0.15) is 0 Å². The monoisotopic (exact) mass is 384 g/mol. The smallest absolute Gasteiger partial charge is 0.419 e. The van der Waals surface area contributed by atoms with Crippen LogP contribution in [0.1, 0.15) is 26.3 Å². The van der Waals surface area contributed by atoms with Gasteiger partial charge in [-0.05, 0) is 51.5 Å². The van der Waals surface area contributed by atoms with Crippen molar-refractivity contribution < 1.29 is 9.53 Å². The molecule has 27 heavy (non-hydrogen) atoms. The maximum atomic E-state index is 12.8. The van der Waals surface area contributed by atoms with Gasteiger partial charge in [0.15, 0.2) is 0 Å². The lowest BCUT2D eigenvalue weighted by Gasteiger charge is -2.20. The van der Waals surface area contributed by atoms with Gasteiger partial charge in [0.25, 0.3) is 0 Å². The van der Waals surface area contributed by atoms with E-state index < -0.39 is 11.7 Å². The number of carbonyl (C=O) groups is 1. The number of aryl methyl sites for hydroxylation is 1. The molecular weight excluding hydrogens is 364 g/mol. The van der Waals surface area contributed by atoms with E-state index in [1.54, 1.807) is 12.3 Å². The predicted octanol–water partition coefficient (Wildman–Crippen LogP) is 4.94. The summed E-state index contributed by atoms with van der Waals surface area (Å²) in [5, 5.41) is 0.584. The zero-order valence-electron chi connectivity index (χ0n) is 15.7. The highest BCUT2D eigenvalue weighted by Crippen LogP contribution is 2.32. The van der Waals surface area contributed by atoms with Crippen LogP contribution in [0.3, 0.4) is 0 Å². The maximum absolute atomic E-state index is 12.8. The normalized spacial score (nSPS) is 11.4. The molecule has 7 heteroatoms. The van der Waals surface area contributed by atoms with Crippen LogP contribution in [0.15, 0.2) is 42.9 Å². The Morgan fingerprint density at radius 3 is 2.59 bits per heavy atom. The molecule has 0 aliphatic carbocycles. The number of rotatable bonds is 2. The highest BCUT2D eigenvalue weighted by Gasteiger charge is 2.22. The molecule has 0 spiro atoms. The largest absolute Gasteiger partial charge is 0.443 e. The number of aromatic nitrogens is 3. The summed E-state index contributed by atoms with van der Waals surface area (Å²) in [6.07, 6.45) is 2.59. The van der Waals surface area contributed by atoms with Crippen molar-refractivity contribution in [2.24, 2.45) is 0 Å². The summed E-state index contributed by atoms with van der Waals surface area (Å²) < 4.78 is 7.03. The minimum absolute atomic E-state index is 0.352. The Balaban J connectivity index is 2.18. The number of hydrogen-bond donors (Lipinski definition) is 1. The third-order valence-electron chi connectivity index (χ3n) is 3.87. The van der Waals surface area contributed by atoms with Gasteiger partial charge in [-0.25, -0.2) is 14.8 Å². The van der Waals surface area contributed by atoms with Crippen LogP contribution in [-0.2, 0) is 4.74 Å². The van der Waals surface area contributed by atoms with Crippen LogP contribution in [0.4, 0.5) is 10.6 Å². The van der Waals surface area contributed by atoms with Crippen molar-refractivity contribution in [3.8, 4) is 22.5 Å². The van der Waals surface area contributed by atoms with Crippen LogP contribution in [0.5, 0.6) is 0 Å². The van der Waals surface area contributed by atoms with E-state index in [9.17, 15) is 4.79 Å². The molecular formula is C20H21ClN4O2. The minimum atomic E-state index is -0.624.